The summed E-state index contributed by atoms with van der Waals surface area (Å²) >= 11 is 0. The van der Waals surface area contributed by atoms with Crippen LogP contribution in [0.1, 0.15) is 121 Å². The molecule has 0 saturated carbocycles. The lowest BCUT2D eigenvalue weighted by Gasteiger charge is -2.32. The molecule has 0 spiro atoms. The maximum Gasteiger partial charge on any atom is 0.245 e. The van der Waals surface area contributed by atoms with E-state index < -0.39 is 120 Å². The number of carbonyl (C=O) groups excluding carboxylic acids is 10. The summed E-state index contributed by atoms with van der Waals surface area (Å²) in [5, 5.41) is 31.9. The number of nitrogens with two attached hydrogens (primary N) is 2. The van der Waals surface area contributed by atoms with Crippen LogP contribution in [0.5, 0.6) is 0 Å². The van der Waals surface area contributed by atoms with Crippen LogP contribution in [0.4, 0.5) is 0 Å². The Morgan fingerprint density at radius 1 is 0.686 bits per heavy atom. The predicted octanol–water partition coefficient (Wildman–Crippen LogP) is -2.40. The fraction of sp³-hybridized carbons (Fsp3) is 0.761. The molecule has 0 aromatic rings. The maximum absolute atomic E-state index is 14.2. The number of hydrogen-bond donors (Lipinski definition) is 11. The Labute approximate surface area is 412 Å². The molecular formula is C46H83N13O11. The molecule has 1 aliphatic rings. The molecule has 398 valence electrons. The highest BCUT2D eigenvalue weighted by atomic mass is 16.3. The zero-order chi connectivity index (χ0) is 53.4. The first-order valence-electron chi connectivity index (χ1n) is 24.5. The smallest absolute Gasteiger partial charge is 0.245 e. The van der Waals surface area contributed by atoms with Gasteiger partial charge in [-0.1, -0.05) is 67.7 Å². The van der Waals surface area contributed by atoms with E-state index in [1.165, 1.54) is 25.8 Å². The van der Waals surface area contributed by atoms with E-state index in [1.54, 1.807) is 48.5 Å². The molecule has 10 amide bonds. The van der Waals surface area contributed by atoms with E-state index in [-0.39, 0.29) is 43.7 Å². The molecule has 1 saturated heterocycles. The van der Waals surface area contributed by atoms with Crippen molar-refractivity contribution < 1.29 is 53.1 Å². The quantitative estimate of drug-likeness (QED) is 0.0203. The SMILES string of the molecule is CCC[C@H](NC(=O)[C@@H](NC(=O)[C@@H](NC(=O)[C@@H](NC(=O)CNC(=O)CN(C)C(C)=O)C(C)C)[C@@H](C)CC)[C@@H](C)O)C(=O)N[C@@H](C(=O)N[C@@H](CCCN=C(N)N)C(=O)N1CCC[C@H]1C(=O)NCC)[C@@H](C)CC. The topological polar surface area (TPSA) is 358 Å². The van der Waals surface area contributed by atoms with Gasteiger partial charge in [0.15, 0.2) is 5.96 Å². The van der Waals surface area contributed by atoms with Crippen molar-refractivity contribution in [2.24, 2.45) is 34.2 Å². The third-order valence-electron chi connectivity index (χ3n) is 12.2. The maximum atomic E-state index is 14.2. The lowest BCUT2D eigenvalue weighted by Crippen LogP contribution is -2.63. The van der Waals surface area contributed by atoms with Crippen molar-refractivity contribution in [3.8, 4) is 0 Å². The minimum atomic E-state index is -1.62. The van der Waals surface area contributed by atoms with Gasteiger partial charge in [-0.05, 0) is 63.7 Å². The summed E-state index contributed by atoms with van der Waals surface area (Å²) in [5.41, 5.74) is 11.0. The summed E-state index contributed by atoms with van der Waals surface area (Å²) in [6.45, 7) is 16.5. The van der Waals surface area contributed by atoms with Gasteiger partial charge in [0.1, 0.15) is 42.3 Å². The third-order valence-corrected chi connectivity index (χ3v) is 12.2. The second-order valence-electron chi connectivity index (χ2n) is 18.4. The average molecular weight is 994 g/mol. The van der Waals surface area contributed by atoms with E-state index in [2.05, 4.69) is 47.5 Å². The summed E-state index contributed by atoms with van der Waals surface area (Å²) in [6.07, 6.45) is 1.22. The second-order valence-corrected chi connectivity index (χ2v) is 18.4. The van der Waals surface area contributed by atoms with Crippen molar-refractivity contribution in [2.45, 2.75) is 169 Å². The van der Waals surface area contributed by atoms with Gasteiger partial charge in [0.2, 0.25) is 59.1 Å². The fourth-order valence-corrected chi connectivity index (χ4v) is 7.51. The number of nitrogens with one attached hydrogen (secondary N) is 8. The van der Waals surface area contributed by atoms with Gasteiger partial charge >= 0.3 is 0 Å². The molecule has 10 atom stereocenters. The van der Waals surface area contributed by atoms with Crippen LogP contribution in [0, 0.1) is 17.8 Å². The van der Waals surface area contributed by atoms with E-state index in [9.17, 15) is 53.1 Å². The molecule has 0 aromatic carbocycles. The molecule has 0 unspecified atom stereocenters. The normalized spacial score (nSPS) is 17.1. The number of aliphatic hydroxyl groups is 1. The second kappa shape index (κ2) is 31.2. The van der Waals surface area contributed by atoms with Crippen LogP contribution in [-0.2, 0) is 47.9 Å². The summed E-state index contributed by atoms with van der Waals surface area (Å²) in [4.78, 5) is 140. The van der Waals surface area contributed by atoms with E-state index >= 15 is 0 Å². The number of aliphatic hydroxyl groups excluding tert-OH is 1. The van der Waals surface area contributed by atoms with Crippen LogP contribution in [-0.4, -0.2) is 168 Å². The summed E-state index contributed by atoms with van der Waals surface area (Å²) in [6, 6.07) is -8.31. The number of hydrogen-bond acceptors (Lipinski definition) is 12. The summed E-state index contributed by atoms with van der Waals surface area (Å²) in [7, 11) is 1.42. The molecule has 1 heterocycles. The number of guanidine groups is 1. The van der Waals surface area contributed by atoms with Gasteiger partial charge in [-0.25, -0.2) is 0 Å². The van der Waals surface area contributed by atoms with Crippen LogP contribution in [0.3, 0.4) is 0 Å². The first-order chi connectivity index (χ1) is 32.8. The zero-order valence-corrected chi connectivity index (χ0v) is 43.1. The number of nitrogens with zero attached hydrogens (tertiary/aromatic N) is 3. The number of amides is 10. The monoisotopic (exact) mass is 994 g/mol. The summed E-state index contributed by atoms with van der Waals surface area (Å²) in [5.74, 6) is -7.96. The highest BCUT2D eigenvalue weighted by Gasteiger charge is 2.40. The molecule has 0 aliphatic carbocycles. The van der Waals surface area contributed by atoms with Crippen LogP contribution in [0.15, 0.2) is 4.99 Å². The minimum Gasteiger partial charge on any atom is -0.391 e. The third kappa shape index (κ3) is 20.5. The molecule has 1 aliphatic heterocycles. The van der Waals surface area contributed by atoms with Crippen molar-refractivity contribution in [3.05, 3.63) is 0 Å². The van der Waals surface area contributed by atoms with E-state index in [0.717, 1.165) is 4.90 Å². The number of likely N-dealkylation sites (tertiary alicyclic amines) is 1. The Hall–Kier alpha value is -6.07. The van der Waals surface area contributed by atoms with Gasteiger partial charge in [0.25, 0.3) is 0 Å². The molecule has 0 bridgehead atoms. The van der Waals surface area contributed by atoms with Crippen molar-refractivity contribution in [1.29, 1.82) is 0 Å². The molecule has 0 radical (unpaired) electrons. The van der Waals surface area contributed by atoms with Crippen molar-refractivity contribution in [2.75, 3.05) is 39.8 Å². The standard InChI is InChI=1S/C46H83N13O11/c1-12-18-30(39(64)55-36(26(7)13-2)42(67)53-31(19-16-21-50-46(47)48)45(70)59-22-17-20-32(59)40(65)49-15-4)52-44(69)38(28(9)60)57-43(68)37(27(8)14-3)56-41(66)35(25(5)6)54-33(62)23-51-34(63)24-58(11)29(10)61/h25-28,30-32,35-38,60H,12-24H2,1-11H3,(H,49,65)(H,51,63)(H,52,69)(H,53,67)(H,54,62)(H,55,64)(H,56,66)(H,57,68)(H4,47,48,50)/t26-,27-,28+,30-,31-,32-,35-,36+,37-,38-/m0/s1. The van der Waals surface area contributed by atoms with Crippen LogP contribution in [0.2, 0.25) is 0 Å². The highest BCUT2D eigenvalue weighted by Crippen LogP contribution is 2.21. The average Bonchev–Trinajstić information content (AvgIpc) is 3.80. The molecule has 24 heteroatoms. The lowest BCUT2D eigenvalue weighted by atomic mass is 9.95. The number of rotatable bonds is 30. The Morgan fingerprint density at radius 3 is 1.73 bits per heavy atom. The van der Waals surface area contributed by atoms with Gasteiger partial charge in [-0.15, -0.1) is 0 Å². The van der Waals surface area contributed by atoms with Gasteiger partial charge < -0.3 is 68.9 Å². The van der Waals surface area contributed by atoms with Crippen LogP contribution < -0.4 is 54.0 Å². The predicted molar refractivity (Wildman–Crippen MR) is 262 cm³/mol. The fourth-order valence-electron chi connectivity index (χ4n) is 7.51. The molecule has 13 N–H and O–H groups in total. The largest absolute Gasteiger partial charge is 0.391 e. The zero-order valence-electron chi connectivity index (χ0n) is 43.1. The van der Waals surface area contributed by atoms with Gasteiger partial charge in [0, 0.05) is 33.6 Å². The lowest BCUT2D eigenvalue weighted by molar-refractivity contribution is -0.142. The Balaban J connectivity index is 3.30. The summed E-state index contributed by atoms with van der Waals surface area (Å²) < 4.78 is 0. The minimum absolute atomic E-state index is 0.0853. The van der Waals surface area contributed by atoms with E-state index in [0.29, 0.717) is 51.6 Å². The van der Waals surface area contributed by atoms with E-state index in [4.69, 9.17) is 11.5 Å². The molecule has 0 aromatic heterocycles. The molecule has 1 rings (SSSR count). The molecule has 24 nitrogen and oxygen atoms in total. The van der Waals surface area contributed by atoms with Crippen molar-refractivity contribution >= 4 is 65.0 Å². The Morgan fingerprint density at radius 2 is 1.21 bits per heavy atom. The first kappa shape index (κ1) is 61.9. The Bertz CT molecular complexity index is 1830. The van der Waals surface area contributed by atoms with E-state index in [1.807, 2.05) is 6.92 Å². The number of carbonyl (C=O) groups is 10. The molecular weight excluding hydrogens is 911 g/mol. The molecule has 70 heavy (non-hydrogen) atoms. The van der Waals surface area contributed by atoms with Gasteiger partial charge in [-0.2, -0.15) is 0 Å². The Kier molecular flexibility index (Phi) is 27.6. The van der Waals surface area contributed by atoms with Gasteiger partial charge in [-0.3, -0.25) is 52.9 Å². The highest BCUT2D eigenvalue weighted by molar-refractivity contribution is 5.98. The van der Waals surface area contributed by atoms with Crippen molar-refractivity contribution in [1.82, 2.24) is 52.3 Å². The number of likely N-dealkylation sites (N-methyl/N-ethyl adjacent to an activating group) is 2. The first-order valence-corrected chi connectivity index (χ1v) is 24.5. The molecule has 1 fully saturated rings. The van der Waals surface area contributed by atoms with Gasteiger partial charge in [0.05, 0.1) is 19.2 Å². The number of aliphatic imine (C=N–C) groups is 1. The van der Waals surface area contributed by atoms with Crippen LogP contribution >= 0.6 is 0 Å². The van der Waals surface area contributed by atoms with Crippen molar-refractivity contribution in [3.63, 3.8) is 0 Å². The van der Waals surface area contributed by atoms with Crippen LogP contribution in [0.25, 0.3) is 0 Å².